The van der Waals surface area contributed by atoms with Crippen LogP contribution in [0.15, 0.2) is 73.1 Å². The molecule has 1 aromatic heterocycles. The molecule has 142 valence electrons. The minimum absolute atomic E-state index is 0.0798. The molecule has 1 amide bonds. The number of hydrogen-bond acceptors (Lipinski definition) is 3. The molecule has 2 aromatic carbocycles. The number of pyridine rings is 1. The van der Waals surface area contributed by atoms with E-state index < -0.39 is 0 Å². The van der Waals surface area contributed by atoms with Crippen LogP contribution in [0.25, 0.3) is 0 Å². The predicted molar refractivity (Wildman–Crippen MR) is 109 cm³/mol. The molecular formula is C24H24N2O2. The molecule has 4 heteroatoms. The third-order valence-corrected chi connectivity index (χ3v) is 5.40. The van der Waals surface area contributed by atoms with E-state index in [-0.39, 0.29) is 11.9 Å². The van der Waals surface area contributed by atoms with Crippen molar-refractivity contribution in [1.29, 1.82) is 0 Å². The highest BCUT2D eigenvalue weighted by atomic mass is 16.5. The van der Waals surface area contributed by atoms with Gasteiger partial charge in [-0.3, -0.25) is 9.78 Å². The van der Waals surface area contributed by atoms with Gasteiger partial charge in [-0.05, 0) is 47.2 Å². The molecule has 0 saturated carbocycles. The molecule has 0 radical (unpaired) electrons. The largest absolute Gasteiger partial charge is 0.496 e. The first-order valence-corrected chi connectivity index (χ1v) is 9.67. The number of benzene rings is 2. The molecule has 2 heterocycles. The Balaban J connectivity index is 1.59. The minimum atomic E-state index is -0.0798. The Hall–Kier alpha value is -3.14. The molecule has 28 heavy (non-hydrogen) atoms. The van der Waals surface area contributed by atoms with Crippen LogP contribution in [0.2, 0.25) is 0 Å². The summed E-state index contributed by atoms with van der Waals surface area (Å²) in [7, 11) is 1.67. The average molecular weight is 372 g/mol. The second kappa shape index (κ2) is 8.26. The lowest BCUT2D eigenvalue weighted by Crippen LogP contribution is -2.40. The second-order valence-electron chi connectivity index (χ2n) is 7.04. The lowest BCUT2D eigenvalue weighted by atomic mass is 9.88. The number of carbonyl (C=O) groups excluding carboxylic acids is 1. The highest BCUT2D eigenvalue weighted by Crippen LogP contribution is 2.35. The third-order valence-electron chi connectivity index (χ3n) is 5.40. The monoisotopic (exact) mass is 372 g/mol. The van der Waals surface area contributed by atoms with E-state index in [1.165, 1.54) is 11.1 Å². The van der Waals surface area contributed by atoms with E-state index in [1.54, 1.807) is 13.3 Å². The number of fused-ring (bicyclic) bond motifs is 1. The van der Waals surface area contributed by atoms with E-state index in [0.717, 1.165) is 29.8 Å². The Morgan fingerprint density at radius 3 is 2.75 bits per heavy atom. The lowest BCUT2D eigenvalue weighted by molar-refractivity contribution is -0.133. The van der Waals surface area contributed by atoms with E-state index >= 15 is 0 Å². The van der Waals surface area contributed by atoms with Crippen LogP contribution in [0, 0.1) is 0 Å². The summed E-state index contributed by atoms with van der Waals surface area (Å²) in [5, 5.41) is 0. The molecule has 1 aliphatic heterocycles. The fourth-order valence-electron chi connectivity index (χ4n) is 4.03. The van der Waals surface area contributed by atoms with Gasteiger partial charge in [0.1, 0.15) is 5.75 Å². The van der Waals surface area contributed by atoms with Crippen LogP contribution >= 0.6 is 0 Å². The third kappa shape index (κ3) is 3.63. The van der Waals surface area contributed by atoms with Crippen molar-refractivity contribution < 1.29 is 9.53 Å². The summed E-state index contributed by atoms with van der Waals surface area (Å²) in [4.78, 5) is 19.5. The van der Waals surface area contributed by atoms with Gasteiger partial charge in [0, 0.05) is 25.4 Å². The summed E-state index contributed by atoms with van der Waals surface area (Å²) in [6.07, 6.45) is 5.65. The van der Waals surface area contributed by atoms with Crippen molar-refractivity contribution in [1.82, 2.24) is 9.88 Å². The first-order chi connectivity index (χ1) is 13.8. The number of carbonyl (C=O) groups is 1. The van der Waals surface area contributed by atoms with E-state index in [0.29, 0.717) is 12.8 Å². The maximum absolute atomic E-state index is 13.2. The molecular weight excluding hydrogens is 348 g/mol. The van der Waals surface area contributed by atoms with Crippen LogP contribution in [0.5, 0.6) is 5.75 Å². The number of para-hydroxylation sites is 1. The van der Waals surface area contributed by atoms with Crippen LogP contribution in [0.4, 0.5) is 0 Å². The van der Waals surface area contributed by atoms with Gasteiger partial charge in [0.05, 0.1) is 13.2 Å². The maximum atomic E-state index is 13.2. The van der Waals surface area contributed by atoms with Crippen molar-refractivity contribution in [2.45, 2.75) is 25.3 Å². The summed E-state index contributed by atoms with van der Waals surface area (Å²) in [5.41, 5.74) is 4.63. The van der Waals surface area contributed by atoms with Crippen LogP contribution in [-0.4, -0.2) is 29.4 Å². The van der Waals surface area contributed by atoms with Gasteiger partial charge in [0.2, 0.25) is 5.91 Å². The summed E-state index contributed by atoms with van der Waals surface area (Å²) in [6.45, 7) is 0.724. The smallest absolute Gasteiger partial charge is 0.223 e. The molecule has 0 spiro atoms. The molecule has 0 aliphatic carbocycles. The highest BCUT2D eigenvalue weighted by Gasteiger charge is 2.31. The summed E-state index contributed by atoms with van der Waals surface area (Å²) < 4.78 is 5.43. The number of aryl methyl sites for hydroxylation is 1. The minimum Gasteiger partial charge on any atom is -0.496 e. The average Bonchev–Trinajstić information content (AvgIpc) is 2.77. The molecule has 3 aromatic rings. The number of hydrogen-bond donors (Lipinski definition) is 0. The first-order valence-electron chi connectivity index (χ1n) is 9.67. The van der Waals surface area contributed by atoms with Crippen LogP contribution in [-0.2, 0) is 17.6 Å². The topological polar surface area (TPSA) is 42.4 Å². The zero-order valence-corrected chi connectivity index (χ0v) is 16.0. The van der Waals surface area contributed by atoms with Gasteiger partial charge in [-0.15, -0.1) is 0 Å². The van der Waals surface area contributed by atoms with Crippen LogP contribution in [0.3, 0.4) is 0 Å². The van der Waals surface area contributed by atoms with Gasteiger partial charge >= 0.3 is 0 Å². The normalized spacial score (nSPS) is 15.8. The Kier molecular flexibility index (Phi) is 5.38. The molecule has 4 rings (SSSR count). The molecule has 0 fully saturated rings. The zero-order chi connectivity index (χ0) is 19.3. The predicted octanol–water partition coefficient (Wildman–Crippen LogP) is 4.20. The Morgan fingerprint density at radius 1 is 1.11 bits per heavy atom. The van der Waals surface area contributed by atoms with Gasteiger partial charge in [0.25, 0.3) is 0 Å². The van der Waals surface area contributed by atoms with Crippen molar-refractivity contribution in [3.8, 4) is 5.75 Å². The fraction of sp³-hybridized carbons (Fsp3) is 0.250. The van der Waals surface area contributed by atoms with Crippen molar-refractivity contribution in [3.63, 3.8) is 0 Å². The highest BCUT2D eigenvalue weighted by molar-refractivity contribution is 5.78. The van der Waals surface area contributed by atoms with Crippen molar-refractivity contribution in [3.05, 3.63) is 95.3 Å². The van der Waals surface area contributed by atoms with Crippen molar-refractivity contribution in [2.24, 2.45) is 0 Å². The maximum Gasteiger partial charge on any atom is 0.223 e. The van der Waals surface area contributed by atoms with Gasteiger partial charge < -0.3 is 9.64 Å². The number of methoxy groups -OCH3 is 1. The quantitative estimate of drug-likeness (QED) is 0.674. The van der Waals surface area contributed by atoms with Gasteiger partial charge in [0.15, 0.2) is 0 Å². The molecule has 0 N–H and O–H groups in total. The van der Waals surface area contributed by atoms with Gasteiger partial charge in [-0.25, -0.2) is 0 Å². The van der Waals surface area contributed by atoms with Crippen LogP contribution < -0.4 is 4.74 Å². The van der Waals surface area contributed by atoms with Crippen LogP contribution in [0.1, 0.15) is 34.7 Å². The van der Waals surface area contributed by atoms with Gasteiger partial charge in [-0.2, -0.15) is 0 Å². The standard InChI is InChI=1S/C24H24N2O2/c1-28-22-11-5-3-8-19(22)12-13-23(27)26-16-14-18-7-2-4-10-21(18)24(26)20-9-6-15-25-17-20/h2-11,15,17,24H,12-14,16H2,1H3. The lowest BCUT2D eigenvalue weighted by Gasteiger charge is -2.37. The van der Waals surface area contributed by atoms with Crippen molar-refractivity contribution in [2.75, 3.05) is 13.7 Å². The first kappa shape index (κ1) is 18.2. The van der Waals surface area contributed by atoms with Crippen molar-refractivity contribution >= 4 is 5.91 Å². The molecule has 1 unspecified atom stereocenters. The van der Waals surface area contributed by atoms with E-state index in [4.69, 9.17) is 4.74 Å². The Labute approximate surface area is 165 Å². The van der Waals surface area contributed by atoms with Gasteiger partial charge in [-0.1, -0.05) is 48.5 Å². The Bertz CT molecular complexity index is 956. The zero-order valence-electron chi connectivity index (χ0n) is 16.0. The van der Waals surface area contributed by atoms with E-state index in [2.05, 4.69) is 29.2 Å². The SMILES string of the molecule is COc1ccccc1CCC(=O)N1CCc2ccccc2C1c1cccnc1. The number of amides is 1. The second-order valence-corrected chi connectivity index (χ2v) is 7.04. The molecule has 1 atom stereocenters. The van der Waals surface area contributed by atoms with E-state index in [1.807, 2.05) is 47.5 Å². The van der Waals surface area contributed by atoms with E-state index in [9.17, 15) is 4.79 Å². The number of nitrogens with zero attached hydrogens (tertiary/aromatic N) is 2. The molecule has 0 saturated heterocycles. The Morgan fingerprint density at radius 2 is 1.93 bits per heavy atom. The number of rotatable bonds is 5. The number of aromatic nitrogens is 1. The number of ether oxygens (including phenoxy) is 1. The molecule has 4 nitrogen and oxygen atoms in total. The molecule has 0 bridgehead atoms. The fourth-order valence-corrected chi connectivity index (χ4v) is 4.03. The summed E-state index contributed by atoms with van der Waals surface area (Å²) in [6, 6.07) is 20.2. The summed E-state index contributed by atoms with van der Waals surface area (Å²) >= 11 is 0. The summed E-state index contributed by atoms with van der Waals surface area (Å²) in [5.74, 6) is 0.998. The molecule has 1 aliphatic rings.